The maximum Gasteiger partial charge on any atom is 0.434 e. The van der Waals surface area contributed by atoms with Gasteiger partial charge in [-0.2, -0.15) is 18.2 Å². The maximum atomic E-state index is 12.3. The number of rotatable bonds is 2. The van der Waals surface area contributed by atoms with Crippen molar-refractivity contribution in [2.75, 3.05) is 0 Å². The van der Waals surface area contributed by atoms with Crippen LogP contribution in [0.4, 0.5) is 13.2 Å². The van der Waals surface area contributed by atoms with Crippen LogP contribution in [0.1, 0.15) is 16.4 Å². The van der Waals surface area contributed by atoms with E-state index in [-0.39, 0.29) is 11.6 Å². The van der Waals surface area contributed by atoms with Crippen molar-refractivity contribution in [1.29, 1.82) is 0 Å². The van der Waals surface area contributed by atoms with Gasteiger partial charge in [0.05, 0.1) is 6.54 Å². The number of halogens is 3. The SMILES string of the molecule is Cc1ccn(Cc2nc(C(F)(F)F)cs2)c(=O)n1. The van der Waals surface area contributed by atoms with Crippen molar-refractivity contribution in [2.45, 2.75) is 19.6 Å². The Kier molecular flexibility index (Phi) is 3.20. The summed E-state index contributed by atoms with van der Waals surface area (Å²) >= 11 is 0.866. The Balaban J connectivity index is 2.24. The molecule has 0 aromatic carbocycles. The standard InChI is InChI=1S/C10H8F3N3OS/c1-6-2-3-16(9(17)14-6)4-8-15-7(5-18-8)10(11,12)13/h2-3,5H,4H2,1H3. The van der Waals surface area contributed by atoms with E-state index in [1.807, 2.05) is 0 Å². The molecule has 2 aromatic heterocycles. The summed E-state index contributed by atoms with van der Waals surface area (Å²) in [7, 11) is 0. The second kappa shape index (κ2) is 4.52. The van der Waals surface area contributed by atoms with Crippen LogP contribution in [0.15, 0.2) is 22.4 Å². The summed E-state index contributed by atoms with van der Waals surface area (Å²) in [6, 6.07) is 1.61. The number of alkyl halides is 3. The van der Waals surface area contributed by atoms with Gasteiger partial charge in [-0.1, -0.05) is 0 Å². The van der Waals surface area contributed by atoms with E-state index in [1.165, 1.54) is 10.8 Å². The van der Waals surface area contributed by atoms with Gasteiger partial charge in [-0.25, -0.2) is 9.78 Å². The lowest BCUT2D eigenvalue weighted by atomic mass is 10.4. The average Bonchev–Trinajstić information content (AvgIpc) is 2.70. The molecule has 18 heavy (non-hydrogen) atoms. The number of nitrogens with zero attached hydrogens (tertiary/aromatic N) is 3. The lowest BCUT2D eigenvalue weighted by Gasteiger charge is -2.02. The molecule has 2 heterocycles. The summed E-state index contributed by atoms with van der Waals surface area (Å²) in [5.74, 6) is 0. The second-order valence-electron chi connectivity index (χ2n) is 3.60. The van der Waals surface area contributed by atoms with E-state index in [9.17, 15) is 18.0 Å². The van der Waals surface area contributed by atoms with E-state index in [1.54, 1.807) is 13.0 Å². The average molecular weight is 275 g/mol. The largest absolute Gasteiger partial charge is 0.434 e. The van der Waals surface area contributed by atoms with Crippen molar-refractivity contribution in [3.8, 4) is 0 Å². The molecule has 0 saturated heterocycles. The summed E-state index contributed by atoms with van der Waals surface area (Å²) in [4.78, 5) is 18.6. The van der Waals surface area contributed by atoms with Crippen molar-refractivity contribution in [3.05, 3.63) is 44.5 Å². The molecule has 0 N–H and O–H groups in total. The molecule has 0 aliphatic carbocycles. The zero-order chi connectivity index (χ0) is 13.3. The molecule has 0 atom stereocenters. The topological polar surface area (TPSA) is 47.8 Å². The minimum atomic E-state index is -4.45. The van der Waals surface area contributed by atoms with Crippen LogP contribution in [0.2, 0.25) is 0 Å². The Bertz CT molecular complexity index is 617. The van der Waals surface area contributed by atoms with Gasteiger partial charge in [-0.3, -0.25) is 4.57 Å². The zero-order valence-electron chi connectivity index (χ0n) is 9.23. The smallest absolute Gasteiger partial charge is 0.292 e. The number of hydrogen-bond acceptors (Lipinski definition) is 4. The zero-order valence-corrected chi connectivity index (χ0v) is 10.0. The van der Waals surface area contributed by atoms with Crippen LogP contribution in [-0.2, 0) is 12.7 Å². The number of aromatic nitrogens is 3. The summed E-state index contributed by atoms with van der Waals surface area (Å²) in [5.41, 5.74) is -0.874. The van der Waals surface area contributed by atoms with Crippen LogP contribution in [0.5, 0.6) is 0 Å². The molecule has 0 amide bonds. The highest BCUT2D eigenvalue weighted by Crippen LogP contribution is 2.30. The molecule has 0 fully saturated rings. The first-order valence-electron chi connectivity index (χ1n) is 4.92. The molecular formula is C10H8F3N3OS. The quantitative estimate of drug-likeness (QED) is 0.843. The summed E-state index contributed by atoms with van der Waals surface area (Å²) in [5, 5.41) is 1.15. The van der Waals surface area contributed by atoms with E-state index in [2.05, 4.69) is 9.97 Å². The number of thiazole rings is 1. The van der Waals surface area contributed by atoms with Crippen LogP contribution in [-0.4, -0.2) is 14.5 Å². The Labute approximate surface area is 104 Å². The first-order valence-corrected chi connectivity index (χ1v) is 5.80. The lowest BCUT2D eigenvalue weighted by molar-refractivity contribution is -0.140. The fourth-order valence-electron chi connectivity index (χ4n) is 1.29. The third-order valence-corrected chi connectivity index (χ3v) is 2.99. The molecule has 2 rings (SSSR count). The van der Waals surface area contributed by atoms with E-state index in [0.717, 1.165) is 16.7 Å². The molecular weight excluding hydrogens is 267 g/mol. The van der Waals surface area contributed by atoms with E-state index < -0.39 is 17.6 Å². The fourth-order valence-corrected chi connectivity index (χ4v) is 2.09. The fraction of sp³-hybridized carbons (Fsp3) is 0.300. The van der Waals surface area contributed by atoms with Gasteiger partial charge in [0.1, 0.15) is 5.01 Å². The van der Waals surface area contributed by atoms with Gasteiger partial charge in [0.2, 0.25) is 0 Å². The van der Waals surface area contributed by atoms with Gasteiger partial charge in [0.25, 0.3) is 0 Å². The van der Waals surface area contributed by atoms with E-state index in [0.29, 0.717) is 5.69 Å². The predicted octanol–water partition coefficient (Wildman–Crippen LogP) is 2.08. The Hall–Kier alpha value is -1.70. The number of aryl methyl sites for hydroxylation is 1. The Morgan fingerprint density at radius 2 is 2.11 bits per heavy atom. The maximum absolute atomic E-state index is 12.3. The molecule has 0 spiro atoms. The summed E-state index contributed by atoms with van der Waals surface area (Å²) < 4.78 is 38.2. The van der Waals surface area contributed by atoms with E-state index >= 15 is 0 Å². The highest BCUT2D eigenvalue weighted by atomic mass is 32.1. The van der Waals surface area contributed by atoms with Crippen LogP contribution >= 0.6 is 11.3 Å². The lowest BCUT2D eigenvalue weighted by Crippen LogP contribution is -2.23. The van der Waals surface area contributed by atoms with Crippen molar-refractivity contribution in [1.82, 2.24) is 14.5 Å². The van der Waals surface area contributed by atoms with Gasteiger partial charge in [-0.15, -0.1) is 11.3 Å². The highest BCUT2D eigenvalue weighted by Gasteiger charge is 2.33. The van der Waals surface area contributed by atoms with Gasteiger partial charge >= 0.3 is 11.9 Å². The number of hydrogen-bond donors (Lipinski definition) is 0. The monoisotopic (exact) mass is 275 g/mol. The van der Waals surface area contributed by atoms with E-state index in [4.69, 9.17) is 0 Å². The summed E-state index contributed by atoms with van der Waals surface area (Å²) in [6.45, 7) is 1.66. The van der Waals surface area contributed by atoms with Crippen LogP contribution in [0, 0.1) is 6.92 Å². The summed E-state index contributed by atoms with van der Waals surface area (Å²) in [6.07, 6.45) is -2.97. The molecule has 2 aromatic rings. The van der Waals surface area contributed by atoms with Gasteiger partial charge in [0.15, 0.2) is 5.69 Å². The van der Waals surface area contributed by atoms with Crippen LogP contribution < -0.4 is 5.69 Å². The second-order valence-corrected chi connectivity index (χ2v) is 4.55. The first kappa shape index (κ1) is 12.7. The normalized spacial score (nSPS) is 11.8. The Morgan fingerprint density at radius 3 is 2.67 bits per heavy atom. The molecule has 0 aliphatic rings. The minimum Gasteiger partial charge on any atom is -0.292 e. The molecule has 96 valence electrons. The molecule has 0 radical (unpaired) electrons. The van der Waals surface area contributed by atoms with Crippen molar-refractivity contribution >= 4 is 11.3 Å². The Morgan fingerprint density at radius 1 is 1.39 bits per heavy atom. The van der Waals surface area contributed by atoms with Crippen molar-refractivity contribution in [2.24, 2.45) is 0 Å². The van der Waals surface area contributed by atoms with Gasteiger partial charge in [-0.05, 0) is 13.0 Å². The van der Waals surface area contributed by atoms with Gasteiger partial charge in [0, 0.05) is 17.3 Å². The third-order valence-electron chi connectivity index (χ3n) is 2.16. The molecule has 0 unspecified atom stereocenters. The third kappa shape index (κ3) is 2.76. The highest BCUT2D eigenvalue weighted by molar-refractivity contribution is 7.09. The van der Waals surface area contributed by atoms with Gasteiger partial charge < -0.3 is 0 Å². The molecule has 8 heteroatoms. The molecule has 4 nitrogen and oxygen atoms in total. The molecule has 0 aliphatic heterocycles. The van der Waals surface area contributed by atoms with Crippen LogP contribution in [0.25, 0.3) is 0 Å². The first-order chi connectivity index (χ1) is 8.36. The minimum absolute atomic E-state index is 0.00708. The predicted molar refractivity (Wildman–Crippen MR) is 59.5 cm³/mol. The van der Waals surface area contributed by atoms with Crippen molar-refractivity contribution in [3.63, 3.8) is 0 Å². The molecule has 0 bridgehead atoms. The molecule has 0 saturated carbocycles. The van der Waals surface area contributed by atoms with Crippen LogP contribution in [0.3, 0.4) is 0 Å². The van der Waals surface area contributed by atoms with Crippen molar-refractivity contribution < 1.29 is 13.2 Å².